The van der Waals surface area contributed by atoms with Crippen molar-refractivity contribution in [3.05, 3.63) is 23.3 Å². The minimum absolute atomic E-state index is 0.0225. The molecular weight excluding hydrogens is 216 g/mol. The number of phenols is 2. The van der Waals surface area contributed by atoms with Crippen LogP contribution < -0.4 is 5.32 Å². The van der Waals surface area contributed by atoms with Gasteiger partial charge in [0.2, 0.25) is 0 Å². The lowest BCUT2D eigenvalue weighted by molar-refractivity contribution is 0.401. The molecule has 1 aliphatic carbocycles. The van der Waals surface area contributed by atoms with E-state index in [-0.39, 0.29) is 17.4 Å². The predicted molar refractivity (Wildman–Crippen MR) is 65.8 cm³/mol. The summed E-state index contributed by atoms with van der Waals surface area (Å²) in [6, 6.07) is 3.38. The first-order valence-corrected chi connectivity index (χ1v) is 6.08. The van der Waals surface area contributed by atoms with Crippen LogP contribution in [0.1, 0.15) is 29.9 Å². The summed E-state index contributed by atoms with van der Waals surface area (Å²) >= 11 is 0. The third-order valence-electron chi connectivity index (χ3n) is 3.58. The molecule has 1 aromatic rings. The molecule has 4 nitrogen and oxygen atoms in total. The van der Waals surface area contributed by atoms with Crippen LogP contribution in [0.25, 0.3) is 0 Å². The molecule has 90 valence electrons. The minimum Gasteiger partial charge on any atom is -0.504 e. The van der Waals surface area contributed by atoms with Crippen LogP contribution in [0.4, 0.5) is 0 Å². The number of aryl methyl sites for hydroxylation is 1. The standard InChI is InChI=1S/C13H16N2O2/c16-11-6-8-2-1-3-9(10(8)7-12(11)17)13-14-4-5-15-13/h6-7,9,16-17H,1-5H2,(H,14,15). The summed E-state index contributed by atoms with van der Waals surface area (Å²) in [5.74, 6) is 1.24. The van der Waals surface area contributed by atoms with E-state index in [0.29, 0.717) is 0 Å². The van der Waals surface area contributed by atoms with Gasteiger partial charge in [-0.15, -0.1) is 0 Å². The lowest BCUT2D eigenvalue weighted by Crippen LogP contribution is -2.28. The Hall–Kier alpha value is -1.71. The van der Waals surface area contributed by atoms with Crippen molar-refractivity contribution in [1.82, 2.24) is 5.32 Å². The van der Waals surface area contributed by atoms with Crippen molar-refractivity contribution in [1.29, 1.82) is 0 Å². The topological polar surface area (TPSA) is 64.8 Å². The highest BCUT2D eigenvalue weighted by atomic mass is 16.3. The van der Waals surface area contributed by atoms with Crippen molar-refractivity contribution in [2.24, 2.45) is 4.99 Å². The number of nitrogens with zero attached hydrogens (tertiary/aromatic N) is 1. The molecule has 1 unspecified atom stereocenters. The van der Waals surface area contributed by atoms with Crippen LogP contribution in [0.3, 0.4) is 0 Å². The van der Waals surface area contributed by atoms with E-state index in [2.05, 4.69) is 10.3 Å². The van der Waals surface area contributed by atoms with Gasteiger partial charge in [0, 0.05) is 12.5 Å². The molecular formula is C13H16N2O2. The molecule has 1 aromatic carbocycles. The van der Waals surface area contributed by atoms with Crippen LogP contribution in [0.15, 0.2) is 17.1 Å². The largest absolute Gasteiger partial charge is 0.504 e. The van der Waals surface area contributed by atoms with Crippen molar-refractivity contribution >= 4 is 5.84 Å². The molecule has 2 aliphatic rings. The zero-order chi connectivity index (χ0) is 11.8. The summed E-state index contributed by atoms with van der Waals surface area (Å²) in [5.41, 5.74) is 2.24. The van der Waals surface area contributed by atoms with Crippen LogP contribution >= 0.6 is 0 Å². The van der Waals surface area contributed by atoms with Gasteiger partial charge in [-0.1, -0.05) is 0 Å². The van der Waals surface area contributed by atoms with E-state index in [4.69, 9.17) is 0 Å². The van der Waals surface area contributed by atoms with Gasteiger partial charge >= 0.3 is 0 Å². The molecule has 0 saturated carbocycles. The minimum atomic E-state index is -0.0331. The third kappa shape index (κ3) is 1.73. The lowest BCUT2D eigenvalue weighted by Gasteiger charge is -2.26. The van der Waals surface area contributed by atoms with E-state index >= 15 is 0 Å². The average molecular weight is 232 g/mol. The number of hydrogen-bond donors (Lipinski definition) is 3. The summed E-state index contributed by atoms with van der Waals surface area (Å²) in [4.78, 5) is 4.47. The monoisotopic (exact) mass is 232 g/mol. The Kier molecular flexibility index (Phi) is 2.42. The zero-order valence-corrected chi connectivity index (χ0v) is 9.61. The number of aromatic hydroxyl groups is 2. The van der Waals surface area contributed by atoms with E-state index in [9.17, 15) is 10.2 Å². The zero-order valence-electron chi connectivity index (χ0n) is 9.61. The number of phenolic OH excluding ortho intramolecular Hbond substituents is 2. The summed E-state index contributed by atoms with van der Waals surface area (Å²) in [6.45, 7) is 1.75. The fourth-order valence-corrected chi connectivity index (χ4v) is 2.76. The maximum Gasteiger partial charge on any atom is 0.157 e. The Balaban J connectivity index is 2.04. The molecule has 0 saturated heterocycles. The van der Waals surface area contributed by atoms with Gasteiger partial charge in [-0.05, 0) is 42.5 Å². The van der Waals surface area contributed by atoms with Gasteiger partial charge in [0.15, 0.2) is 11.5 Å². The Labute approximate surface area is 100 Å². The van der Waals surface area contributed by atoms with Gasteiger partial charge < -0.3 is 15.5 Å². The smallest absolute Gasteiger partial charge is 0.157 e. The van der Waals surface area contributed by atoms with Crippen LogP contribution in [0.2, 0.25) is 0 Å². The molecule has 0 spiro atoms. The number of aliphatic imine (C=N–C) groups is 1. The number of hydrogen-bond acceptors (Lipinski definition) is 4. The molecule has 1 heterocycles. The number of benzene rings is 1. The van der Waals surface area contributed by atoms with Crippen molar-refractivity contribution in [2.75, 3.05) is 13.1 Å². The van der Waals surface area contributed by atoms with E-state index < -0.39 is 0 Å². The van der Waals surface area contributed by atoms with Gasteiger partial charge in [-0.2, -0.15) is 0 Å². The third-order valence-corrected chi connectivity index (χ3v) is 3.58. The highest BCUT2D eigenvalue weighted by Gasteiger charge is 2.27. The van der Waals surface area contributed by atoms with Gasteiger partial charge in [0.1, 0.15) is 5.84 Å². The second-order valence-corrected chi connectivity index (χ2v) is 4.68. The van der Waals surface area contributed by atoms with Crippen molar-refractivity contribution in [3.8, 4) is 11.5 Å². The van der Waals surface area contributed by atoms with Crippen LogP contribution in [-0.4, -0.2) is 29.1 Å². The Morgan fingerprint density at radius 1 is 1.24 bits per heavy atom. The number of fused-ring (bicyclic) bond motifs is 1. The molecule has 0 bridgehead atoms. The number of nitrogens with one attached hydrogen (secondary N) is 1. The SMILES string of the molecule is Oc1cc2c(cc1O)C(C1=NCCN1)CCC2. The van der Waals surface area contributed by atoms with E-state index in [1.807, 2.05) is 0 Å². The van der Waals surface area contributed by atoms with Gasteiger partial charge in [0.25, 0.3) is 0 Å². The van der Waals surface area contributed by atoms with Crippen molar-refractivity contribution < 1.29 is 10.2 Å². The molecule has 3 N–H and O–H groups in total. The maximum atomic E-state index is 9.63. The van der Waals surface area contributed by atoms with Crippen molar-refractivity contribution in [2.45, 2.75) is 25.2 Å². The Morgan fingerprint density at radius 2 is 2.06 bits per heavy atom. The highest BCUT2D eigenvalue weighted by Crippen LogP contribution is 2.38. The Morgan fingerprint density at radius 3 is 2.82 bits per heavy atom. The van der Waals surface area contributed by atoms with E-state index in [1.54, 1.807) is 12.1 Å². The first-order chi connectivity index (χ1) is 8.25. The summed E-state index contributed by atoms with van der Waals surface area (Å²) in [6.07, 6.45) is 3.12. The van der Waals surface area contributed by atoms with Gasteiger partial charge in [0.05, 0.1) is 6.54 Å². The molecule has 1 aliphatic heterocycles. The van der Waals surface area contributed by atoms with Crippen LogP contribution in [0.5, 0.6) is 11.5 Å². The van der Waals surface area contributed by atoms with Crippen molar-refractivity contribution in [3.63, 3.8) is 0 Å². The summed E-state index contributed by atoms with van der Waals surface area (Å²) in [5, 5.41) is 22.5. The average Bonchev–Trinajstić information content (AvgIpc) is 2.83. The second-order valence-electron chi connectivity index (χ2n) is 4.68. The Bertz CT molecular complexity index is 483. The maximum absolute atomic E-state index is 9.63. The molecule has 3 rings (SSSR count). The highest BCUT2D eigenvalue weighted by molar-refractivity contribution is 5.90. The molecule has 0 fully saturated rings. The molecule has 4 heteroatoms. The van der Waals surface area contributed by atoms with E-state index in [0.717, 1.165) is 49.3 Å². The van der Waals surface area contributed by atoms with Gasteiger partial charge in [-0.3, -0.25) is 4.99 Å². The molecule has 0 amide bonds. The number of amidine groups is 1. The summed E-state index contributed by atoms with van der Waals surface area (Å²) < 4.78 is 0. The molecule has 0 radical (unpaired) electrons. The first-order valence-electron chi connectivity index (χ1n) is 6.08. The lowest BCUT2D eigenvalue weighted by atomic mass is 9.82. The normalized spacial score (nSPS) is 22.8. The first kappa shape index (κ1) is 10.4. The fourth-order valence-electron chi connectivity index (χ4n) is 2.76. The van der Waals surface area contributed by atoms with Crippen LogP contribution in [-0.2, 0) is 6.42 Å². The van der Waals surface area contributed by atoms with E-state index in [1.165, 1.54) is 0 Å². The molecule has 17 heavy (non-hydrogen) atoms. The number of rotatable bonds is 1. The quantitative estimate of drug-likeness (QED) is 0.643. The summed E-state index contributed by atoms with van der Waals surface area (Å²) in [7, 11) is 0. The van der Waals surface area contributed by atoms with Crippen LogP contribution in [0, 0.1) is 0 Å². The molecule has 1 atom stereocenters. The second kappa shape index (κ2) is 3.95. The fraction of sp³-hybridized carbons (Fsp3) is 0.462. The predicted octanol–water partition coefficient (Wildman–Crippen LogP) is 1.52. The van der Waals surface area contributed by atoms with Gasteiger partial charge in [-0.25, -0.2) is 0 Å². The molecule has 0 aromatic heterocycles.